The van der Waals surface area contributed by atoms with Crippen LogP contribution in [0.25, 0.3) is 0 Å². The Morgan fingerprint density at radius 3 is 2.88 bits per heavy atom. The summed E-state index contributed by atoms with van der Waals surface area (Å²) in [5.74, 6) is 0. The second-order valence-corrected chi connectivity index (χ2v) is 5.54. The van der Waals surface area contributed by atoms with Crippen molar-refractivity contribution in [2.45, 2.75) is 32.4 Å². The molecule has 0 radical (unpaired) electrons. The highest BCUT2D eigenvalue weighted by Gasteiger charge is 2.21. The summed E-state index contributed by atoms with van der Waals surface area (Å²) in [6.07, 6.45) is 2.22. The molecule has 1 atom stereocenters. The van der Waals surface area contributed by atoms with E-state index in [0.29, 0.717) is 6.04 Å². The third-order valence-electron chi connectivity index (χ3n) is 3.56. The molecule has 1 aromatic heterocycles. The first kappa shape index (κ1) is 13.1. The van der Waals surface area contributed by atoms with Crippen LogP contribution < -0.4 is 5.32 Å². The van der Waals surface area contributed by atoms with E-state index in [1.807, 2.05) is 11.7 Å². The SMILES string of the molecule is CCc1nn(C)c(CN(C)C2CCNC2)c1Br. The van der Waals surface area contributed by atoms with Crippen LogP contribution in [0.3, 0.4) is 0 Å². The molecule has 0 bridgehead atoms. The maximum absolute atomic E-state index is 4.54. The number of hydrogen-bond acceptors (Lipinski definition) is 3. The average molecular weight is 301 g/mol. The molecule has 1 unspecified atom stereocenters. The molecule has 0 aromatic carbocycles. The van der Waals surface area contributed by atoms with Crippen molar-refractivity contribution in [3.8, 4) is 0 Å². The van der Waals surface area contributed by atoms with E-state index >= 15 is 0 Å². The summed E-state index contributed by atoms with van der Waals surface area (Å²) in [5.41, 5.74) is 2.43. The van der Waals surface area contributed by atoms with Crippen LogP contribution >= 0.6 is 15.9 Å². The highest BCUT2D eigenvalue weighted by atomic mass is 79.9. The van der Waals surface area contributed by atoms with Gasteiger partial charge < -0.3 is 5.32 Å². The molecule has 1 fully saturated rings. The summed E-state index contributed by atoms with van der Waals surface area (Å²) in [6.45, 7) is 5.34. The van der Waals surface area contributed by atoms with Crippen molar-refractivity contribution >= 4 is 15.9 Å². The van der Waals surface area contributed by atoms with Gasteiger partial charge in [-0.25, -0.2) is 0 Å². The fourth-order valence-electron chi connectivity index (χ4n) is 2.37. The molecule has 1 aromatic rings. The predicted molar refractivity (Wildman–Crippen MR) is 73.0 cm³/mol. The van der Waals surface area contributed by atoms with Gasteiger partial charge in [0.2, 0.25) is 0 Å². The molecule has 1 saturated heterocycles. The molecule has 4 nitrogen and oxygen atoms in total. The summed E-state index contributed by atoms with van der Waals surface area (Å²) >= 11 is 3.67. The molecule has 1 aliphatic rings. The molecule has 2 rings (SSSR count). The van der Waals surface area contributed by atoms with Crippen molar-refractivity contribution in [1.29, 1.82) is 0 Å². The molecule has 1 aliphatic heterocycles. The van der Waals surface area contributed by atoms with Crippen LogP contribution in [0.5, 0.6) is 0 Å². The molecule has 0 spiro atoms. The Bertz CT molecular complexity index is 382. The standard InChI is InChI=1S/C12H21BrN4/c1-4-10-12(13)11(17(3)15-10)8-16(2)9-5-6-14-7-9/h9,14H,4-8H2,1-3H3. The maximum Gasteiger partial charge on any atom is 0.0767 e. The fourth-order valence-corrected chi connectivity index (χ4v) is 3.11. The summed E-state index contributed by atoms with van der Waals surface area (Å²) in [7, 11) is 4.22. The highest BCUT2D eigenvalue weighted by Crippen LogP contribution is 2.23. The van der Waals surface area contributed by atoms with E-state index in [1.54, 1.807) is 0 Å². The van der Waals surface area contributed by atoms with E-state index in [2.05, 4.69) is 45.2 Å². The Kier molecular flexibility index (Phi) is 4.22. The Morgan fingerprint density at radius 2 is 2.35 bits per heavy atom. The van der Waals surface area contributed by atoms with E-state index in [-0.39, 0.29) is 0 Å². The van der Waals surface area contributed by atoms with Crippen LogP contribution in [-0.4, -0.2) is 40.9 Å². The molecule has 17 heavy (non-hydrogen) atoms. The molecule has 1 N–H and O–H groups in total. The van der Waals surface area contributed by atoms with Crippen molar-refractivity contribution in [2.24, 2.45) is 7.05 Å². The zero-order valence-corrected chi connectivity index (χ0v) is 12.4. The van der Waals surface area contributed by atoms with Crippen LogP contribution in [0.4, 0.5) is 0 Å². The number of hydrogen-bond donors (Lipinski definition) is 1. The quantitative estimate of drug-likeness (QED) is 0.916. The van der Waals surface area contributed by atoms with Crippen LogP contribution in [-0.2, 0) is 20.0 Å². The summed E-state index contributed by atoms with van der Waals surface area (Å²) in [4.78, 5) is 2.42. The van der Waals surface area contributed by atoms with Gasteiger partial charge >= 0.3 is 0 Å². The van der Waals surface area contributed by atoms with Gasteiger partial charge in [-0.15, -0.1) is 0 Å². The van der Waals surface area contributed by atoms with Crippen molar-refractivity contribution in [1.82, 2.24) is 20.0 Å². The topological polar surface area (TPSA) is 33.1 Å². The number of aromatic nitrogens is 2. The third kappa shape index (κ3) is 2.72. The van der Waals surface area contributed by atoms with Gasteiger partial charge in [-0.05, 0) is 42.4 Å². The second-order valence-electron chi connectivity index (χ2n) is 4.75. The fraction of sp³-hybridized carbons (Fsp3) is 0.750. The lowest BCUT2D eigenvalue weighted by molar-refractivity contribution is 0.242. The third-order valence-corrected chi connectivity index (χ3v) is 4.48. The monoisotopic (exact) mass is 300 g/mol. The number of aryl methyl sites for hydroxylation is 2. The van der Waals surface area contributed by atoms with Crippen molar-refractivity contribution < 1.29 is 0 Å². The first-order valence-electron chi connectivity index (χ1n) is 6.24. The van der Waals surface area contributed by atoms with Gasteiger partial charge in [-0.3, -0.25) is 9.58 Å². The van der Waals surface area contributed by atoms with Crippen LogP contribution in [0.2, 0.25) is 0 Å². The summed E-state index contributed by atoms with van der Waals surface area (Å²) < 4.78 is 3.18. The van der Waals surface area contributed by atoms with Crippen LogP contribution in [0.1, 0.15) is 24.7 Å². The molecule has 5 heteroatoms. The predicted octanol–water partition coefficient (Wildman–Crippen LogP) is 1.54. The van der Waals surface area contributed by atoms with Crippen LogP contribution in [0.15, 0.2) is 4.47 Å². The zero-order valence-electron chi connectivity index (χ0n) is 10.8. The molecular weight excluding hydrogens is 280 g/mol. The lowest BCUT2D eigenvalue weighted by atomic mass is 10.2. The van der Waals surface area contributed by atoms with E-state index in [1.165, 1.54) is 16.6 Å². The average Bonchev–Trinajstić information content (AvgIpc) is 2.92. The summed E-state index contributed by atoms with van der Waals surface area (Å²) in [6, 6.07) is 0.655. The van der Waals surface area contributed by atoms with E-state index < -0.39 is 0 Å². The van der Waals surface area contributed by atoms with Gasteiger partial charge in [-0.2, -0.15) is 5.10 Å². The number of halogens is 1. The number of nitrogens with zero attached hydrogens (tertiary/aromatic N) is 3. The molecule has 0 amide bonds. The minimum atomic E-state index is 0.655. The molecule has 0 aliphatic carbocycles. The second kappa shape index (κ2) is 5.50. The molecule has 96 valence electrons. The van der Waals surface area contributed by atoms with Gasteiger partial charge in [0.25, 0.3) is 0 Å². The first-order chi connectivity index (χ1) is 8.13. The summed E-state index contributed by atoms with van der Waals surface area (Å²) in [5, 5.41) is 7.94. The van der Waals surface area contributed by atoms with Gasteiger partial charge in [-0.1, -0.05) is 6.92 Å². The Hall–Kier alpha value is -0.390. The minimum Gasteiger partial charge on any atom is -0.315 e. The van der Waals surface area contributed by atoms with Gasteiger partial charge in [0.05, 0.1) is 15.9 Å². The van der Waals surface area contributed by atoms with Crippen LogP contribution in [0, 0.1) is 0 Å². The lowest BCUT2D eigenvalue weighted by Gasteiger charge is -2.23. The maximum atomic E-state index is 4.54. The van der Waals surface area contributed by atoms with Crippen molar-refractivity contribution in [3.05, 3.63) is 15.9 Å². The number of rotatable bonds is 4. The van der Waals surface area contributed by atoms with Crippen molar-refractivity contribution in [2.75, 3.05) is 20.1 Å². The van der Waals surface area contributed by atoms with Gasteiger partial charge in [0.1, 0.15) is 0 Å². The first-order valence-corrected chi connectivity index (χ1v) is 7.04. The smallest absolute Gasteiger partial charge is 0.0767 e. The zero-order chi connectivity index (χ0) is 12.4. The van der Waals surface area contributed by atoms with E-state index in [9.17, 15) is 0 Å². The normalized spacial score (nSPS) is 20.4. The molecule has 0 saturated carbocycles. The Balaban J connectivity index is 2.09. The lowest BCUT2D eigenvalue weighted by Crippen LogP contribution is -2.33. The largest absolute Gasteiger partial charge is 0.315 e. The number of likely N-dealkylation sites (N-methyl/N-ethyl adjacent to an activating group) is 1. The molecule has 2 heterocycles. The minimum absolute atomic E-state index is 0.655. The Morgan fingerprint density at radius 1 is 1.59 bits per heavy atom. The highest BCUT2D eigenvalue weighted by molar-refractivity contribution is 9.10. The van der Waals surface area contributed by atoms with E-state index in [4.69, 9.17) is 0 Å². The van der Waals surface area contributed by atoms with Gasteiger partial charge in [0, 0.05) is 26.2 Å². The van der Waals surface area contributed by atoms with E-state index in [0.717, 1.165) is 31.7 Å². The molecular formula is C12H21BrN4. The number of nitrogens with one attached hydrogen (secondary N) is 1. The van der Waals surface area contributed by atoms with Crippen molar-refractivity contribution in [3.63, 3.8) is 0 Å². The van der Waals surface area contributed by atoms with Gasteiger partial charge in [0.15, 0.2) is 0 Å². The Labute approximate surface area is 111 Å².